The van der Waals surface area contributed by atoms with Gasteiger partial charge < -0.3 is 16.2 Å². The van der Waals surface area contributed by atoms with Gasteiger partial charge in [0.05, 0.1) is 13.2 Å². The number of benzene rings is 1. The molecular weight excluding hydrogens is 278 g/mol. The van der Waals surface area contributed by atoms with Gasteiger partial charge in [-0.25, -0.2) is 0 Å². The second-order valence-electron chi connectivity index (χ2n) is 4.14. The van der Waals surface area contributed by atoms with Crippen LogP contribution in [-0.4, -0.2) is 40.0 Å². The van der Waals surface area contributed by atoms with Crippen molar-refractivity contribution in [1.82, 2.24) is 4.90 Å². The Bertz CT molecular complexity index is 595. The number of hydrogen-bond acceptors (Lipinski definition) is 5. The Morgan fingerprint density at radius 2 is 1.95 bits per heavy atom. The van der Waals surface area contributed by atoms with E-state index in [4.69, 9.17) is 23.1 Å². The number of aliphatic hydroxyl groups excluding tert-OH is 1. The summed E-state index contributed by atoms with van der Waals surface area (Å²) >= 11 is 4.84. The SMILES string of the molecule is NC(=S)c1ccc(NC2=CC(=O)N(CCO)C2=O)cc1. The molecule has 0 aromatic heterocycles. The molecule has 1 aromatic rings. The highest BCUT2D eigenvalue weighted by Crippen LogP contribution is 2.17. The zero-order valence-corrected chi connectivity index (χ0v) is 11.3. The number of hydrogen-bond donors (Lipinski definition) is 3. The minimum Gasteiger partial charge on any atom is -0.395 e. The minimum absolute atomic E-state index is 0.0142. The van der Waals surface area contributed by atoms with E-state index in [-0.39, 0.29) is 23.8 Å². The first kappa shape index (κ1) is 14.2. The number of aliphatic hydroxyl groups is 1. The topological polar surface area (TPSA) is 95.7 Å². The molecule has 0 bridgehead atoms. The standard InChI is InChI=1S/C13H13N3O3S/c14-12(20)8-1-3-9(4-2-8)15-10-7-11(18)16(5-6-17)13(10)19/h1-4,7,15,17H,5-6H2,(H2,14,20). The molecule has 1 aliphatic rings. The Morgan fingerprint density at radius 1 is 1.30 bits per heavy atom. The molecule has 1 aliphatic heterocycles. The van der Waals surface area contributed by atoms with Gasteiger partial charge in [0.1, 0.15) is 10.7 Å². The van der Waals surface area contributed by atoms with Crippen LogP contribution in [0.2, 0.25) is 0 Å². The summed E-state index contributed by atoms with van der Waals surface area (Å²) in [4.78, 5) is 24.7. The zero-order valence-electron chi connectivity index (χ0n) is 10.5. The van der Waals surface area contributed by atoms with Gasteiger partial charge >= 0.3 is 0 Å². The first-order valence-corrected chi connectivity index (χ1v) is 6.29. The fourth-order valence-electron chi connectivity index (χ4n) is 1.78. The lowest BCUT2D eigenvalue weighted by atomic mass is 10.2. The third-order valence-corrected chi connectivity index (χ3v) is 3.02. The third-order valence-electron chi connectivity index (χ3n) is 2.78. The average Bonchev–Trinajstić information content (AvgIpc) is 2.67. The van der Waals surface area contributed by atoms with E-state index in [9.17, 15) is 9.59 Å². The van der Waals surface area contributed by atoms with Crippen LogP contribution >= 0.6 is 12.2 Å². The van der Waals surface area contributed by atoms with Crippen LogP contribution in [-0.2, 0) is 9.59 Å². The smallest absolute Gasteiger partial charge is 0.277 e. The Labute approximate surface area is 120 Å². The van der Waals surface area contributed by atoms with E-state index in [1.807, 2.05) is 0 Å². The van der Waals surface area contributed by atoms with Gasteiger partial charge in [-0.05, 0) is 24.3 Å². The lowest BCUT2D eigenvalue weighted by Crippen LogP contribution is -2.34. The van der Waals surface area contributed by atoms with E-state index >= 15 is 0 Å². The van der Waals surface area contributed by atoms with Gasteiger partial charge in [0.2, 0.25) is 0 Å². The van der Waals surface area contributed by atoms with Crippen LogP contribution in [0.25, 0.3) is 0 Å². The van der Waals surface area contributed by atoms with Crippen LogP contribution in [0.3, 0.4) is 0 Å². The molecule has 6 nitrogen and oxygen atoms in total. The summed E-state index contributed by atoms with van der Waals surface area (Å²) in [7, 11) is 0. The number of imide groups is 1. The minimum atomic E-state index is -0.456. The molecule has 7 heteroatoms. The quantitative estimate of drug-likeness (QED) is 0.521. The van der Waals surface area contributed by atoms with Crippen molar-refractivity contribution < 1.29 is 14.7 Å². The molecule has 0 fully saturated rings. The van der Waals surface area contributed by atoms with Crippen LogP contribution < -0.4 is 11.1 Å². The molecule has 0 aliphatic carbocycles. The zero-order chi connectivity index (χ0) is 14.7. The first-order valence-electron chi connectivity index (χ1n) is 5.88. The summed E-state index contributed by atoms with van der Waals surface area (Å²) in [5, 5.41) is 11.7. The van der Waals surface area contributed by atoms with Crippen molar-refractivity contribution in [2.75, 3.05) is 18.5 Å². The maximum absolute atomic E-state index is 11.9. The highest BCUT2D eigenvalue weighted by molar-refractivity contribution is 7.80. The Kier molecular flexibility index (Phi) is 4.11. The summed E-state index contributed by atoms with van der Waals surface area (Å²) in [5.41, 5.74) is 7.02. The van der Waals surface area contributed by atoms with Gasteiger partial charge in [0, 0.05) is 17.3 Å². The van der Waals surface area contributed by atoms with Crippen LogP contribution in [0.15, 0.2) is 36.0 Å². The predicted molar refractivity (Wildman–Crippen MR) is 77.8 cm³/mol. The number of rotatable bonds is 5. The van der Waals surface area contributed by atoms with Crippen molar-refractivity contribution in [3.8, 4) is 0 Å². The molecule has 0 radical (unpaired) electrons. The van der Waals surface area contributed by atoms with Crippen molar-refractivity contribution >= 4 is 34.7 Å². The fraction of sp³-hybridized carbons (Fsp3) is 0.154. The Hall–Kier alpha value is -2.25. The number of nitrogens with two attached hydrogens (primary N) is 1. The van der Waals surface area contributed by atoms with Crippen molar-refractivity contribution in [2.45, 2.75) is 0 Å². The largest absolute Gasteiger partial charge is 0.395 e. The Morgan fingerprint density at radius 3 is 2.50 bits per heavy atom. The number of carbonyl (C=O) groups is 2. The maximum atomic E-state index is 11.9. The second kappa shape index (κ2) is 5.81. The molecule has 0 saturated heterocycles. The normalized spacial score (nSPS) is 14.4. The molecule has 0 atom stereocenters. The van der Waals surface area contributed by atoms with Gasteiger partial charge in [-0.2, -0.15) is 0 Å². The Balaban J connectivity index is 2.11. The summed E-state index contributed by atoms with van der Waals surface area (Å²) in [6.07, 6.45) is 1.21. The van der Waals surface area contributed by atoms with Crippen molar-refractivity contribution in [2.24, 2.45) is 5.73 Å². The molecule has 1 aromatic carbocycles. The molecule has 2 amide bonds. The summed E-state index contributed by atoms with van der Waals surface area (Å²) in [6, 6.07) is 6.86. The molecule has 0 unspecified atom stereocenters. The van der Waals surface area contributed by atoms with Crippen molar-refractivity contribution in [1.29, 1.82) is 0 Å². The van der Waals surface area contributed by atoms with Gasteiger partial charge in [0.15, 0.2) is 0 Å². The number of nitrogens with zero attached hydrogens (tertiary/aromatic N) is 1. The molecule has 2 rings (SSSR count). The van der Waals surface area contributed by atoms with Crippen LogP contribution in [0.5, 0.6) is 0 Å². The number of amides is 2. The highest BCUT2D eigenvalue weighted by atomic mass is 32.1. The molecular formula is C13H13N3O3S. The van der Waals surface area contributed by atoms with E-state index in [0.717, 1.165) is 10.5 Å². The number of nitrogens with one attached hydrogen (secondary N) is 1. The molecule has 20 heavy (non-hydrogen) atoms. The van der Waals surface area contributed by atoms with Crippen LogP contribution in [0.4, 0.5) is 5.69 Å². The van der Waals surface area contributed by atoms with Gasteiger partial charge in [0.25, 0.3) is 11.8 Å². The molecule has 1 heterocycles. The van der Waals surface area contributed by atoms with Crippen LogP contribution in [0, 0.1) is 0 Å². The van der Waals surface area contributed by atoms with E-state index in [1.165, 1.54) is 6.08 Å². The average molecular weight is 291 g/mol. The molecule has 4 N–H and O–H groups in total. The van der Waals surface area contributed by atoms with E-state index in [0.29, 0.717) is 5.69 Å². The molecule has 0 saturated carbocycles. The number of carbonyl (C=O) groups excluding carboxylic acids is 2. The third kappa shape index (κ3) is 2.84. The van der Waals surface area contributed by atoms with Crippen molar-refractivity contribution in [3.63, 3.8) is 0 Å². The van der Waals surface area contributed by atoms with Gasteiger partial charge in [-0.1, -0.05) is 12.2 Å². The summed E-state index contributed by atoms with van der Waals surface area (Å²) in [6.45, 7) is -0.277. The van der Waals surface area contributed by atoms with Gasteiger partial charge in [-0.3, -0.25) is 14.5 Å². The van der Waals surface area contributed by atoms with E-state index in [1.54, 1.807) is 24.3 Å². The number of β-amino-alcohol motifs (C(OH)–C–C–N with tert-alkyl or cyclic N) is 1. The molecule has 0 spiro atoms. The van der Waals surface area contributed by atoms with E-state index < -0.39 is 11.8 Å². The van der Waals surface area contributed by atoms with Crippen molar-refractivity contribution in [3.05, 3.63) is 41.6 Å². The fourth-order valence-corrected chi connectivity index (χ4v) is 1.92. The van der Waals surface area contributed by atoms with E-state index in [2.05, 4.69) is 5.32 Å². The van der Waals surface area contributed by atoms with Gasteiger partial charge in [-0.15, -0.1) is 0 Å². The lowest BCUT2D eigenvalue weighted by molar-refractivity contribution is -0.137. The monoisotopic (exact) mass is 291 g/mol. The number of anilines is 1. The summed E-state index contributed by atoms with van der Waals surface area (Å²) in [5.74, 6) is -0.895. The summed E-state index contributed by atoms with van der Waals surface area (Å²) < 4.78 is 0. The second-order valence-corrected chi connectivity index (χ2v) is 4.58. The molecule has 104 valence electrons. The predicted octanol–water partition coefficient (Wildman–Crippen LogP) is -0.0223. The maximum Gasteiger partial charge on any atom is 0.277 e. The highest BCUT2D eigenvalue weighted by Gasteiger charge is 2.30. The lowest BCUT2D eigenvalue weighted by Gasteiger charge is -2.13. The van der Waals surface area contributed by atoms with Crippen LogP contribution in [0.1, 0.15) is 5.56 Å². The first-order chi connectivity index (χ1) is 9.52. The number of thiocarbonyl (C=S) groups is 1.